The molecule has 1 rings (SSSR count). The first-order valence-corrected chi connectivity index (χ1v) is 7.89. The number of allylic oxidation sites excluding steroid dienone is 1. The van der Waals surface area contributed by atoms with Gasteiger partial charge in [0.05, 0.1) is 6.17 Å². The zero-order valence-corrected chi connectivity index (χ0v) is 12.6. The van der Waals surface area contributed by atoms with Crippen molar-refractivity contribution in [3.63, 3.8) is 0 Å². The van der Waals surface area contributed by atoms with E-state index >= 15 is 0 Å². The van der Waals surface area contributed by atoms with Crippen molar-refractivity contribution in [2.45, 2.75) is 77.0 Å². The van der Waals surface area contributed by atoms with Gasteiger partial charge in [0.25, 0.3) is 0 Å². The molecule has 2 N–H and O–H groups in total. The maximum Gasteiger partial charge on any atom is 0.103 e. The predicted molar refractivity (Wildman–Crippen MR) is 84.4 cm³/mol. The summed E-state index contributed by atoms with van der Waals surface area (Å²) in [6.07, 6.45) is 16.2. The van der Waals surface area contributed by atoms with Crippen LogP contribution in [0.4, 0.5) is 0 Å². The summed E-state index contributed by atoms with van der Waals surface area (Å²) < 4.78 is 0. The first-order chi connectivity index (χ1) is 9.25. The molecule has 0 saturated carbocycles. The summed E-state index contributed by atoms with van der Waals surface area (Å²) in [7, 11) is 0. The number of nitrogens with two attached hydrogens (primary N) is 1. The van der Waals surface area contributed by atoms with Crippen molar-refractivity contribution in [1.29, 1.82) is 0 Å². The summed E-state index contributed by atoms with van der Waals surface area (Å²) in [6.45, 7) is 6.72. The molecule has 3 heteroatoms. The van der Waals surface area contributed by atoms with E-state index in [0.717, 1.165) is 13.0 Å². The average molecular weight is 265 g/mol. The number of aliphatic imine (C=N–C) groups is 1. The van der Waals surface area contributed by atoms with E-state index in [2.05, 4.69) is 16.5 Å². The molecule has 110 valence electrons. The van der Waals surface area contributed by atoms with E-state index in [4.69, 9.17) is 5.73 Å². The molecule has 0 bridgehead atoms. The van der Waals surface area contributed by atoms with Crippen molar-refractivity contribution in [2.75, 3.05) is 6.54 Å². The topological polar surface area (TPSA) is 41.6 Å². The van der Waals surface area contributed by atoms with E-state index in [1.165, 1.54) is 51.4 Å². The smallest absolute Gasteiger partial charge is 0.103 e. The van der Waals surface area contributed by atoms with E-state index in [1.807, 2.05) is 19.2 Å². The number of rotatable bonds is 11. The summed E-state index contributed by atoms with van der Waals surface area (Å²) in [6, 6.07) is 0. The Bertz CT molecular complexity index is 261. The number of nitrogens with zero attached hydrogens (tertiary/aromatic N) is 2. The van der Waals surface area contributed by atoms with Gasteiger partial charge in [0.15, 0.2) is 0 Å². The molecular formula is C16H31N3. The van der Waals surface area contributed by atoms with Crippen LogP contribution in [0.2, 0.25) is 0 Å². The molecule has 0 aromatic carbocycles. The maximum absolute atomic E-state index is 5.94. The molecule has 0 aromatic heterocycles. The van der Waals surface area contributed by atoms with Crippen molar-refractivity contribution < 1.29 is 0 Å². The predicted octanol–water partition coefficient (Wildman–Crippen LogP) is 3.70. The van der Waals surface area contributed by atoms with Crippen molar-refractivity contribution in [3.05, 3.63) is 12.7 Å². The Morgan fingerprint density at radius 3 is 2.53 bits per heavy atom. The van der Waals surface area contributed by atoms with Crippen LogP contribution in [0.5, 0.6) is 0 Å². The fraction of sp³-hybridized carbons (Fsp3) is 0.812. The van der Waals surface area contributed by atoms with Gasteiger partial charge >= 0.3 is 0 Å². The van der Waals surface area contributed by atoms with Gasteiger partial charge in [0.1, 0.15) is 6.17 Å². The highest BCUT2D eigenvalue weighted by atomic mass is 15.3. The number of hydrogen-bond donors (Lipinski definition) is 1. The van der Waals surface area contributed by atoms with Crippen LogP contribution in [-0.4, -0.2) is 30.0 Å². The standard InChI is InChI=1S/C16H31N3/c1-3-4-5-6-7-8-9-10-11-12-16-18-13-14-19(16)15(2)17/h3,13,15-16H,1,4-12,14,17H2,2H3. The third-order valence-corrected chi connectivity index (χ3v) is 3.85. The van der Waals surface area contributed by atoms with Crippen LogP contribution in [0.1, 0.15) is 64.7 Å². The van der Waals surface area contributed by atoms with Crippen LogP contribution in [0.3, 0.4) is 0 Å². The minimum absolute atomic E-state index is 0.123. The molecule has 2 atom stereocenters. The second-order valence-electron chi connectivity index (χ2n) is 5.59. The normalized spacial score (nSPS) is 20.8. The Kier molecular flexibility index (Phi) is 8.76. The van der Waals surface area contributed by atoms with Gasteiger partial charge in [-0.05, 0) is 32.6 Å². The van der Waals surface area contributed by atoms with Crippen LogP contribution < -0.4 is 5.73 Å². The molecule has 19 heavy (non-hydrogen) atoms. The number of unbranched alkanes of at least 4 members (excludes halogenated alkanes) is 7. The lowest BCUT2D eigenvalue weighted by Gasteiger charge is -2.26. The lowest BCUT2D eigenvalue weighted by Crippen LogP contribution is -2.43. The molecule has 0 spiro atoms. The molecule has 2 unspecified atom stereocenters. The summed E-state index contributed by atoms with van der Waals surface area (Å²) in [5.74, 6) is 0. The van der Waals surface area contributed by atoms with E-state index in [-0.39, 0.29) is 6.17 Å². The Labute approximate surface area is 119 Å². The quantitative estimate of drug-likeness (QED) is 0.457. The van der Waals surface area contributed by atoms with E-state index < -0.39 is 0 Å². The summed E-state index contributed by atoms with van der Waals surface area (Å²) in [5, 5.41) is 0. The van der Waals surface area contributed by atoms with E-state index in [9.17, 15) is 0 Å². The third-order valence-electron chi connectivity index (χ3n) is 3.85. The fourth-order valence-corrected chi connectivity index (χ4v) is 2.65. The summed E-state index contributed by atoms with van der Waals surface area (Å²) >= 11 is 0. The van der Waals surface area contributed by atoms with Crippen molar-refractivity contribution in [3.8, 4) is 0 Å². The van der Waals surface area contributed by atoms with Crippen LogP contribution in [0.25, 0.3) is 0 Å². The van der Waals surface area contributed by atoms with Crippen LogP contribution in [0, 0.1) is 0 Å². The molecule has 0 aliphatic carbocycles. The Hall–Kier alpha value is -0.670. The minimum Gasteiger partial charge on any atom is -0.316 e. The van der Waals surface area contributed by atoms with Gasteiger partial charge in [0, 0.05) is 12.8 Å². The Balaban J connectivity index is 1.93. The van der Waals surface area contributed by atoms with Crippen LogP contribution in [0.15, 0.2) is 17.6 Å². The molecule has 0 saturated heterocycles. The van der Waals surface area contributed by atoms with Gasteiger partial charge in [-0.2, -0.15) is 0 Å². The molecule has 1 aliphatic heterocycles. The third kappa shape index (κ3) is 6.88. The second-order valence-corrected chi connectivity index (χ2v) is 5.59. The molecule has 1 aliphatic rings. The van der Waals surface area contributed by atoms with Gasteiger partial charge in [-0.15, -0.1) is 6.58 Å². The fourth-order valence-electron chi connectivity index (χ4n) is 2.65. The van der Waals surface area contributed by atoms with Gasteiger partial charge in [-0.1, -0.05) is 38.2 Å². The van der Waals surface area contributed by atoms with Gasteiger partial charge in [-0.3, -0.25) is 9.89 Å². The maximum atomic E-state index is 5.94. The van der Waals surface area contributed by atoms with E-state index in [1.54, 1.807) is 0 Å². The van der Waals surface area contributed by atoms with Gasteiger partial charge in [-0.25, -0.2) is 0 Å². The van der Waals surface area contributed by atoms with Crippen LogP contribution >= 0.6 is 0 Å². The first-order valence-electron chi connectivity index (χ1n) is 7.89. The van der Waals surface area contributed by atoms with Crippen LogP contribution in [-0.2, 0) is 0 Å². The number of hydrogen-bond acceptors (Lipinski definition) is 3. The Morgan fingerprint density at radius 2 is 1.89 bits per heavy atom. The lowest BCUT2D eigenvalue weighted by molar-refractivity contribution is 0.182. The first kappa shape index (κ1) is 16.4. The van der Waals surface area contributed by atoms with Crippen molar-refractivity contribution in [1.82, 2.24) is 4.90 Å². The largest absolute Gasteiger partial charge is 0.316 e. The Morgan fingerprint density at radius 1 is 1.26 bits per heavy atom. The minimum atomic E-state index is 0.123. The van der Waals surface area contributed by atoms with Gasteiger partial charge in [0.2, 0.25) is 0 Å². The van der Waals surface area contributed by atoms with E-state index in [0.29, 0.717) is 6.17 Å². The molecule has 0 radical (unpaired) electrons. The second kappa shape index (κ2) is 10.2. The zero-order valence-electron chi connectivity index (χ0n) is 12.6. The molecule has 0 fully saturated rings. The highest BCUT2D eigenvalue weighted by Crippen LogP contribution is 2.17. The molecular weight excluding hydrogens is 234 g/mol. The van der Waals surface area contributed by atoms with Crippen molar-refractivity contribution >= 4 is 6.21 Å². The molecule has 3 nitrogen and oxygen atoms in total. The zero-order chi connectivity index (χ0) is 13.9. The molecule has 0 aromatic rings. The van der Waals surface area contributed by atoms with Crippen molar-refractivity contribution in [2.24, 2.45) is 10.7 Å². The highest BCUT2D eigenvalue weighted by Gasteiger charge is 2.22. The summed E-state index contributed by atoms with van der Waals surface area (Å²) in [5.41, 5.74) is 5.94. The lowest BCUT2D eigenvalue weighted by atomic mass is 10.1. The SMILES string of the molecule is C=CCCCCCCCCCC1N=CCN1C(C)N. The monoisotopic (exact) mass is 265 g/mol. The van der Waals surface area contributed by atoms with Gasteiger partial charge < -0.3 is 5.73 Å². The molecule has 1 heterocycles. The molecule has 0 amide bonds. The highest BCUT2D eigenvalue weighted by molar-refractivity contribution is 5.62. The average Bonchev–Trinajstić information content (AvgIpc) is 2.85. The summed E-state index contributed by atoms with van der Waals surface area (Å²) in [4.78, 5) is 6.79.